The molecule has 1 atom stereocenters. The summed E-state index contributed by atoms with van der Waals surface area (Å²) in [6, 6.07) is 13.7. The normalized spacial score (nSPS) is 17.9. The van der Waals surface area contributed by atoms with Crippen LogP contribution in [0.3, 0.4) is 0 Å². The van der Waals surface area contributed by atoms with E-state index in [1.54, 1.807) is 31.4 Å². The van der Waals surface area contributed by atoms with E-state index >= 15 is 0 Å². The lowest BCUT2D eigenvalue weighted by Crippen LogP contribution is -2.60. The Morgan fingerprint density at radius 1 is 0.974 bits per heavy atom. The Hall–Kier alpha value is -4.12. The minimum Gasteiger partial charge on any atom is -0.497 e. The van der Waals surface area contributed by atoms with Crippen LogP contribution in [0.15, 0.2) is 48.5 Å². The SMILES string of the molecule is COc1cccc(N2CCN(CC(=O)N3CCNC(=O)C3CC(=O)Nc3ccc(NC(C)=O)cc3)CC2)c1. The van der Waals surface area contributed by atoms with Crippen molar-refractivity contribution in [1.29, 1.82) is 0 Å². The Balaban J connectivity index is 1.30. The number of nitrogens with zero attached hydrogens (tertiary/aromatic N) is 3. The van der Waals surface area contributed by atoms with Crippen LogP contribution in [0, 0.1) is 0 Å². The Bertz CT molecular complexity index is 1160. The fourth-order valence-corrected chi connectivity index (χ4v) is 4.70. The van der Waals surface area contributed by atoms with E-state index in [9.17, 15) is 19.2 Å². The van der Waals surface area contributed by atoms with Crippen LogP contribution in [0.25, 0.3) is 0 Å². The topological polar surface area (TPSA) is 123 Å². The van der Waals surface area contributed by atoms with Gasteiger partial charge in [-0.05, 0) is 36.4 Å². The molecule has 2 heterocycles. The summed E-state index contributed by atoms with van der Waals surface area (Å²) in [6.07, 6.45) is -0.144. The van der Waals surface area contributed by atoms with Crippen molar-refractivity contribution in [2.75, 3.05) is 68.5 Å². The molecule has 2 aliphatic rings. The first-order valence-corrected chi connectivity index (χ1v) is 12.7. The summed E-state index contributed by atoms with van der Waals surface area (Å²) < 4.78 is 5.32. The van der Waals surface area contributed by atoms with Gasteiger partial charge in [0.05, 0.1) is 20.1 Å². The molecule has 11 heteroatoms. The van der Waals surface area contributed by atoms with Crippen LogP contribution in [0.2, 0.25) is 0 Å². The zero-order valence-electron chi connectivity index (χ0n) is 21.7. The molecular weight excluding hydrogens is 488 g/mol. The van der Waals surface area contributed by atoms with Crippen molar-refractivity contribution >= 4 is 40.7 Å². The summed E-state index contributed by atoms with van der Waals surface area (Å²) in [5, 5.41) is 8.19. The number of ether oxygens (including phenoxy) is 1. The van der Waals surface area contributed by atoms with Crippen LogP contribution < -0.4 is 25.6 Å². The average molecular weight is 523 g/mol. The van der Waals surface area contributed by atoms with Gasteiger partial charge in [0, 0.05) is 69.3 Å². The van der Waals surface area contributed by atoms with Crippen LogP contribution in [-0.2, 0) is 19.2 Å². The van der Waals surface area contributed by atoms with Gasteiger partial charge in [0.15, 0.2) is 0 Å². The van der Waals surface area contributed by atoms with Crippen molar-refractivity contribution in [2.45, 2.75) is 19.4 Å². The number of amides is 4. The fourth-order valence-electron chi connectivity index (χ4n) is 4.70. The highest BCUT2D eigenvalue weighted by Gasteiger charge is 2.35. The molecule has 0 saturated carbocycles. The summed E-state index contributed by atoms with van der Waals surface area (Å²) in [5.74, 6) is -0.242. The fraction of sp³-hybridized carbons (Fsp3) is 0.407. The number of hydrogen-bond acceptors (Lipinski definition) is 7. The number of nitrogens with one attached hydrogen (secondary N) is 3. The number of anilines is 3. The summed E-state index contributed by atoms with van der Waals surface area (Å²) >= 11 is 0. The van der Waals surface area contributed by atoms with Crippen molar-refractivity contribution in [3.05, 3.63) is 48.5 Å². The molecule has 0 aromatic heterocycles. The van der Waals surface area contributed by atoms with E-state index in [-0.39, 0.29) is 36.6 Å². The Morgan fingerprint density at radius 3 is 2.32 bits per heavy atom. The maximum absolute atomic E-state index is 13.2. The van der Waals surface area contributed by atoms with E-state index in [0.717, 1.165) is 24.5 Å². The predicted molar refractivity (Wildman–Crippen MR) is 144 cm³/mol. The van der Waals surface area contributed by atoms with E-state index in [1.165, 1.54) is 11.8 Å². The number of rotatable bonds is 8. The van der Waals surface area contributed by atoms with E-state index < -0.39 is 6.04 Å². The molecule has 2 aromatic carbocycles. The highest BCUT2D eigenvalue weighted by Crippen LogP contribution is 2.22. The Morgan fingerprint density at radius 2 is 1.66 bits per heavy atom. The van der Waals surface area contributed by atoms with E-state index in [0.29, 0.717) is 37.6 Å². The van der Waals surface area contributed by atoms with Gasteiger partial charge in [-0.1, -0.05) is 6.07 Å². The van der Waals surface area contributed by atoms with E-state index in [1.807, 2.05) is 24.3 Å². The molecule has 202 valence electrons. The summed E-state index contributed by atoms with van der Waals surface area (Å²) in [7, 11) is 1.65. The molecule has 4 rings (SSSR count). The molecule has 38 heavy (non-hydrogen) atoms. The lowest BCUT2D eigenvalue weighted by atomic mass is 10.1. The molecule has 11 nitrogen and oxygen atoms in total. The van der Waals surface area contributed by atoms with Crippen LogP contribution in [0.5, 0.6) is 5.75 Å². The van der Waals surface area contributed by atoms with Crippen molar-refractivity contribution < 1.29 is 23.9 Å². The first kappa shape index (κ1) is 26.9. The molecule has 2 fully saturated rings. The third kappa shape index (κ3) is 7.00. The van der Waals surface area contributed by atoms with Crippen LogP contribution in [0.1, 0.15) is 13.3 Å². The van der Waals surface area contributed by atoms with Crippen LogP contribution in [0.4, 0.5) is 17.1 Å². The second-order valence-corrected chi connectivity index (χ2v) is 9.37. The number of piperazine rings is 2. The second-order valence-electron chi connectivity index (χ2n) is 9.37. The van der Waals surface area contributed by atoms with Gasteiger partial charge in [-0.2, -0.15) is 0 Å². The minimum atomic E-state index is -0.868. The van der Waals surface area contributed by atoms with Gasteiger partial charge in [-0.25, -0.2) is 0 Å². The van der Waals surface area contributed by atoms with Crippen molar-refractivity contribution in [2.24, 2.45) is 0 Å². The molecule has 2 saturated heterocycles. The molecule has 4 amide bonds. The van der Waals surface area contributed by atoms with Gasteiger partial charge in [0.1, 0.15) is 11.8 Å². The van der Waals surface area contributed by atoms with Crippen molar-refractivity contribution in [3.8, 4) is 5.75 Å². The molecule has 0 aliphatic carbocycles. The molecule has 0 radical (unpaired) electrons. The van der Waals surface area contributed by atoms with E-state index in [4.69, 9.17) is 4.74 Å². The van der Waals surface area contributed by atoms with Crippen molar-refractivity contribution in [3.63, 3.8) is 0 Å². The van der Waals surface area contributed by atoms with Crippen LogP contribution in [-0.4, -0.2) is 92.4 Å². The maximum atomic E-state index is 13.2. The highest BCUT2D eigenvalue weighted by atomic mass is 16.5. The van der Waals surface area contributed by atoms with E-state index in [2.05, 4.69) is 25.8 Å². The van der Waals surface area contributed by atoms with Gasteiger partial charge in [0.25, 0.3) is 0 Å². The van der Waals surface area contributed by atoms with Gasteiger partial charge < -0.3 is 30.5 Å². The lowest BCUT2D eigenvalue weighted by molar-refractivity contribution is -0.145. The van der Waals surface area contributed by atoms with Crippen LogP contribution >= 0.6 is 0 Å². The quantitative estimate of drug-likeness (QED) is 0.475. The van der Waals surface area contributed by atoms with Gasteiger partial charge >= 0.3 is 0 Å². The third-order valence-electron chi connectivity index (χ3n) is 6.67. The molecule has 0 bridgehead atoms. The minimum absolute atomic E-state index is 0.144. The summed E-state index contributed by atoms with van der Waals surface area (Å²) in [6.45, 7) is 5.29. The predicted octanol–water partition coefficient (Wildman–Crippen LogP) is 1.13. The molecule has 3 N–H and O–H groups in total. The maximum Gasteiger partial charge on any atom is 0.243 e. The Labute approximate surface area is 222 Å². The number of carbonyl (C=O) groups is 4. The van der Waals surface area contributed by atoms with Gasteiger partial charge in [0.2, 0.25) is 23.6 Å². The molecule has 2 aromatic rings. The zero-order chi connectivity index (χ0) is 27.1. The molecule has 1 unspecified atom stereocenters. The first-order valence-electron chi connectivity index (χ1n) is 12.7. The molecule has 0 spiro atoms. The Kier molecular flexibility index (Phi) is 8.80. The zero-order valence-corrected chi connectivity index (χ0v) is 21.7. The molecular formula is C27H34N6O5. The number of hydrogen-bond donors (Lipinski definition) is 3. The first-order chi connectivity index (χ1) is 18.3. The molecule has 2 aliphatic heterocycles. The number of methoxy groups -OCH3 is 1. The number of benzene rings is 2. The van der Waals surface area contributed by atoms with Gasteiger partial charge in [-0.15, -0.1) is 0 Å². The van der Waals surface area contributed by atoms with Crippen molar-refractivity contribution in [1.82, 2.24) is 15.1 Å². The highest BCUT2D eigenvalue weighted by molar-refractivity contribution is 5.98. The standard InChI is InChI=1S/C27H34N6O5/c1-19(34)29-20-6-8-21(9-7-20)30-25(35)17-24-27(37)28-10-11-33(24)26(36)18-31-12-14-32(15-13-31)22-4-3-5-23(16-22)38-2/h3-9,16,24H,10-15,17-18H2,1-2H3,(H,28,37)(H,29,34)(H,30,35). The second kappa shape index (κ2) is 12.4. The third-order valence-corrected chi connectivity index (χ3v) is 6.67. The summed E-state index contributed by atoms with van der Waals surface area (Å²) in [5.41, 5.74) is 2.23. The average Bonchev–Trinajstić information content (AvgIpc) is 2.91. The smallest absolute Gasteiger partial charge is 0.243 e. The number of carbonyl (C=O) groups excluding carboxylic acids is 4. The van der Waals surface area contributed by atoms with Gasteiger partial charge in [-0.3, -0.25) is 24.1 Å². The lowest BCUT2D eigenvalue weighted by Gasteiger charge is -2.39. The monoisotopic (exact) mass is 522 g/mol. The largest absolute Gasteiger partial charge is 0.497 e. The summed E-state index contributed by atoms with van der Waals surface area (Å²) in [4.78, 5) is 55.6.